The maximum absolute atomic E-state index is 15.6. The lowest BCUT2D eigenvalue weighted by Crippen LogP contribution is -2.48. The fourth-order valence-corrected chi connectivity index (χ4v) is 5.55. The van der Waals surface area contributed by atoms with Crippen LogP contribution in [0.25, 0.3) is 16.7 Å². The van der Waals surface area contributed by atoms with Crippen molar-refractivity contribution >= 4 is 39.9 Å². The lowest BCUT2D eigenvalue weighted by atomic mass is 10.1. The van der Waals surface area contributed by atoms with E-state index in [9.17, 15) is 4.79 Å². The molecule has 6 heterocycles. The normalized spacial score (nSPS) is 17.6. The van der Waals surface area contributed by atoms with Crippen LogP contribution in [0.3, 0.4) is 0 Å². The van der Waals surface area contributed by atoms with Crippen LogP contribution in [0.1, 0.15) is 18.9 Å². The predicted molar refractivity (Wildman–Crippen MR) is 150 cm³/mol. The van der Waals surface area contributed by atoms with Gasteiger partial charge in [-0.05, 0) is 56.5 Å². The van der Waals surface area contributed by atoms with Crippen LogP contribution in [0.2, 0.25) is 0 Å². The average Bonchev–Trinajstić information content (AvgIpc) is 3.73. The van der Waals surface area contributed by atoms with Crippen LogP contribution in [0, 0.1) is 24.6 Å². The number of hydrogen-bond donors (Lipinski definition) is 1. The molecule has 2 aliphatic rings. The average molecular weight is 550 g/mol. The predicted octanol–water partition coefficient (Wildman–Crippen LogP) is 3.86. The second kappa shape index (κ2) is 9.71. The first kappa shape index (κ1) is 24.7. The number of likely N-dealkylation sites (tertiary alicyclic amines) is 1. The zero-order valence-corrected chi connectivity index (χ0v) is 22.2. The summed E-state index contributed by atoms with van der Waals surface area (Å²) in [4.78, 5) is 34.1. The van der Waals surface area contributed by atoms with Crippen molar-refractivity contribution in [2.75, 3.05) is 23.3 Å². The monoisotopic (exact) mass is 549 g/mol. The molecule has 0 unspecified atom stereocenters. The van der Waals surface area contributed by atoms with Crippen molar-refractivity contribution in [3.8, 4) is 23.3 Å². The molecule has 0 radical (unpaired) electrons. The number of carbonyl (C=O) groups excluding carboxylic acids is 1. The molecule has 0 aliphatic carbocycles. The molecule has 2 fully saturated rings. The van der Waals surface area contributed by atoms with Crippen LogP contribution >= 0.6 is 0 Å². The highest BCUT2D eigenvalue weighted by atomic mass is 19.1. The lowest BCUT2D eigenvalue weighted by molar-refractivity contribution is -0.126. The van der Waals surface area contributed by atoms with E-state index in [0.29, 0.717) is 52.7 Å². The van der Waals surface area contributed by atoms with Gasteiger partial charge in [0.15, 0.2) is 17.3 Å². The van der Waals surface area contributed by atoms with Crippen LogP contribution in [-0.2, 0) is 4.79 Å². The molecule has 2 saturated heterocycles. The Morgan fingerprint density at radius 1 is 1.10 bits per heavy atom. The zero-order valence-electron chi connectivity index (χ0n) is 22.2. The number of ether oxygens (including phenoxy) is 1. The number of rotatable bonds is 5. The van der Waals surface area contributed by atoms with E-state index >= 15 is 4.39 Å². The second-order valence-electron chi connectivity index (χ2n) is 9.99. The molecule has 7 rings (SSSR count). The van der Waals surface area contributed by atoms with E-state index in [1.165, 1.54) is 12.7 Å². The van der Waals surface area contributed by atoms with Crippen molar-refractivity contribution in [2.24, 2.45) is 0 Å². The third-order valence-corrected chi connectivity index (χ3v) is 7.56. The SMILES string of the molecule is CC#CC(=O)N1C[C@@H]2C[C@H]1CN2c1ccc2ncnc(Nc3ccc(Oc4ccn5ncnc5c4)c(C)c3F)c2n1. The van der Waals surface area contributed by atoms with Gasteiger partial charge in [-0.15, -0.1) is 0 Å². The number of pyridine rings is 2. The maximum atomic E-state index is 15.6. The molecule has 204 valence electrons. The number of fused-ring (bicyclic) bond motifs is 4. The summed E-state index contributed by atoms with van der Waals surface area (Å²) < 4.78 is 23.1. The third kappa shape index (κ3) is 4.31. The summed E-state index contributed by atoms with van der Waals surface area (Å²) >= 11 is 0. The number of aromatic nitrogens is 6. The van der Waals surface area contributed by atoms with Gasteiger partial charge in [-0.2, -0.15) is 5.10 Å². The molecule has 5 aromatic rings. The topological polar surface area (TPSA) is 114 Å². The Bertz CT molecular complexity index is 1900. The number of carbonyl (C=O) groups is 1. The molecule has 11 nitrogen and oxygen atoms in total. The van der Waals surface area contributed by atoms with Gasteiger partial charge in [0.25, 0.3) is 5.91 Å². The smallest absolute Gasteiger partial charge is 0.298 e. The molecule has 1 amide bonds. The molecule has 41 heavy (non-hydrogen) atoms. The number of hydrogen-bond acceptors (Lipinski definition) is 9. The highest BCUT2D eigenvalue weighted by Crippen LogP contribution is 2.36. The van der Waals surface area contributed by atoms with Gasteiger partial charge in [0.2, 0.25) is 0 Å². The Hall–Kier alpha value is -5.31. The van der Waals surface area contributed by atoms with E-state index in [0.717, 1.165) is 12.2 Å². The highest BCUT2D eigenvalue weighted by Gasteiger charge is 2.45. The standard InChI is InChI=1S/C29H24FN9O2/c1-3-4-26(40)38-14-18-11-19(38)13-37(18)24-8-6-22-28(36-24)29(33-15-31-22)35-21-5-7-23(17(2)27(21)30)41-20-9-10-39-25(12-20)32-16-34-39/h5-10,12,15-16,18-19H,11,13-14H2,1-2H3,(H,31,33,35)/t18-,19-/m0/s1. The third-order valence-electron chi connectivity index (χ3n) is 7.56. The van der Waals surface area contributed by atoms with Crippen LogP contribution in [0.15, 0.2) is 55.2 Å². The molecule has 1 aromatic carbocycles. The minimum atomic E-state index is -0.467. The van der Waals surface area contributed by atoms with E-state index in [1.807, 2.05) is 17.0 Å². The van der Waals surface area contributed by atoms with Gasteiger partial charge in [-0.3, -0.25) is 4.79 Å². The van der Waals surface area contributed by atoms with Crippen LogP contribution in [0.5, 0.6) is 11.5 Å². The number of amides is 1. The van der Waals surface area contributed by atoms with Gasteiger partial charge in [0.05, 0.1) is 23.3 Å². The van der Waals surface area contributed by atoms with Gasteiger partial charge < -0.3 is 19.9 Å². The van der Waals surface area contributed by atoms with Gasteiger partial charge in [0.1, 0.15) is 35.5 Å². The number of halogens is 1. The highest BCUT2D eigenvalue weighted by molar-refractivity contribution is 5.94. The zero-order chi connectivity index (χ0) is 28.1. The van der Waals surface area contributed by atoms with E-state index in [-0.39, 0.29) is 23.7 Å². The van der Waals surface area contributed by atoms with Gasteiger partial charge >= 0.3 is 0 Å². The van der Waals surface area contributed by atoms with Crippen molar-refractivity contribution in [1.29, 1.82) is 0 Å². The molecule has 2 atom stereocenters. The van der Waals surface area contributed by atoms with E-state index < -0.39 is 5.82 Å². The summed E-state index contributed by atoms with van der Waals surface area (Å²) in [5.41, 5.74) is 2.35. The minimum Gasteiger partial charge on any atom is -0.457 e. The molecular formula is C29H24FN9O2. The Morgan fingerprint density at radius 3 is 2.83 bits per heavy atom. The van der Waals surface area contributed by atoms with Gasteiger partial charge in [-0.1, -0.05) is 5.92 Å². The number of nitrogens with zero attached hydrogens (tertiary/aromatic N) is 8. The number of benzene rings is 1. The first-order valence-corrected chi connectivity index (χ1v) is 13.1. The molecule has 12 heteroatoms. The maximum Gasteiger partial charge on any atom is 0.298 e. The first-order valence-electron chi connectivity index (χ1n) is 13.1. The summed E-state index contributed by atoms with van der Waals surface area (Å²) in [6.45, 7) is 4.61. The molecule has 0 spiro atoms. The summed E-state index contributed by atoms with van der Waals surface area (Å²) in [5.74, 6) is 6.80. The van der Waals surface area contributed by atoms with E-state index in [1.54, 1.807) is 48.8 Å². The van der Waals surface area contributed by atoms with E-state index in [2.05, 4.69) is 42.1 Å². The van der Waals surface area contributed by atoms with Crippen LogP contribution in [0.4, 0.5) is 21.7 Å². The summed E-state index contributed by atoms with van der Waals surface area (Å²) in [6.07, 6.45) is 5.48. The van der Waals surface area contributed by atoms with Crippen LogP contribution in [-0.4, -0.2) is 65.5 Å². The largest absolute Gasteiger partial charge is 0.457 e. The molecule has 1 N–H and O–H groups in total. The Labute approximate surface area is 234 Å². The van der Waals surface area contributed by atoms with Crippen LogP contribution < -0.4 is 15.0 Å². The first-order chi connectivity index (χ1) is 20.0. The molecule has 4 aromatic heterocycles. The number of anilines is 3. The molecule has 0 saturated carbocycles. The quantitative estimate of drug-likeness (QED) is 0.327. The van der Waals surface area contributed by atoms with Crippen molar-refractivity contribution in [1.82, 2.24) is 34.4 Å². The fourth-order valence-electron chi connectivity index (χ4n) is 5.55. The Kier molecular flexibility index (Phi) is 5.85. The number of piperazine rings is 1. The summed E-state index contributed by atoms with van der Waals surface area (Å²) in [5, 5.41) is 7.17. The lowest BCUT2D eigenvalue weighted by Gasteiger charge is -2.34. The Morgan fingerprint density at radius 2 is 2.00 bits per heavy atom. The van der Waals surface area contributed by atoms with E-state index in [4.69, 9.17) is 9.72 Å². The Balaban J connectivity index is 1.14. The van der Waals surface area contributed by atoms with Crippen molar-refractivity contribution < 1.29 is 13.9 Å². The van der Waals surface area contributed by atoms with Crippen molar-refractivity contribution in [3.05, 3.63) is 66.6 Å². The molecule has 2 aliphatic heterocycles. The molecular weight excluding hydrogens is 525 g/mol. The number of nitrogens with one attached hydrogen (secondary N) is 1. The van der Waals surface area contributed by atoms with Gasteiger partial charge in [0, 0.05) is 30.9 Å². The van der Waals surface area contributed by atoms with Crippen molar-refractivity contribution in [3.63, 3.8) is 0 Å². The summed E-state index contributed by atoms with van der Waals surface area (Å²) in [6, 6.07) is 10.8. The fraction of sp³-hybridized carbons (Fsp3) is 0.241. The van der Waals surface area contributed by atoms with Crippen molar-refractivity contribution in [2.45, 2.75) is 32.4 Å². The summed E-state index contributed by atoms with van der Waals surface area (Å²) in [7, 11) is 0. The molecule has 2 bridgehead atoms. The van der Waals surface area contributed by atoms with Gasteiger partial charge in [-0.25, -0.2) is 28.8 Å². The second-order valence-corrected chi connectivity index (χ2v) is 9.99. The minimum absolute atomic E-state index is 0.103.